The zero-order valence-corrected chi connectivity index (χ0v) is 10.3. The molecule has 1 aliphatic rings. The van der Waals surface area contributed by atoms with Crippen LogP contribution in [0.5, 0.6) is 0 Å². The summed E-state index contributed by atoms with van der Waals surface area (Å²) in [7, 11) is 0. The van der Waals surface area contributed by atoms with Gasteiger partial charge in [0.05, 0.1) is 5.69 Å². The van der Waals surface area contributed by atoms with Gasteiger partial charge in [0.25, 0.3) is 0 Å². The summed E-state index contributed by atoms with van der Waals surface area (Å²) in [5, 5.41) is 0. The van der Waals surface area contributed by atoms with Gasteiger partial charge >= 0.3 is 0 Å². The fourth-order valence-corrected chi connectivity index (χ4v) is 2.25. The Balaban J connectivity index is 1.89. The minimum Gasteiger partial charge on any atom is -0.369 e. The summed E-state index contributed by atoms with van der Waals surface area (Å²) in [4.78, 5) is 17.7. The number of amides is 1. The van der Waals surface area contributed by atoms with E-state index in [0.29, 0.717) is 5.82 Å². The number of nitrogens with two attached hydrogens (primary N) is 2. The van der Waals surface area contributed by atoms with Gasteiger partial charge in [-0.2, -0.15) is 0 Å². The van der Waals surface area contributed by atoms with Crippen LogP contribution in [0.3, 0.4) is 0 Å². The molecule has 5 N–H and O–H groups in total. The number of hydrogen-bond donors (Lipinski definition) is 3. The number of hydrazine groups is 1. The fraction of sp³-hybridized carbons (Fsp3) is 0.500. The molecule has 0 unspecified atom stereocenters. The normalized spacial score (nSPS) is 17.6. The van der Waals surface area contributed by atoms with Crippen molar-refractivity contribution in [2.24, 2.45) is 17.5 Å². The maximum absolute atomic E-state index is 11.1. The number of nitrogen functional groups attached to an aromatic ring is 1. The first-order chi connectivity index (χ1) is 8.69. The molecule has 98 valence electrons. The highest BCUT2D eigenvalue weighted by Gasteiger charge is 2.23. The topological polar surface area (TPSA) is 97.3 Å². The van der Waals surface area contributed by atoms with Gasteiger partial charge in [0, 0.05) is 12.5 Å². The van der Waals surface area contributed by atoms with Crippen LogP contribution < -0.4 is 17.0 Å². The number of rotatable bonds is 4. The number of likely N-dealkylation sites (tertiary alicyclic amines) is 1. The van der Waals surface area contributed by atoms with Gasteiger partial charge in [-0.15, -0.1) is 0 Å². The van der Waals surface area contributed by atoms with Crippen molar-refractivity contribution in [2.45, 2.75) is 19.4 Å². The minimum absolute atomic E-state index is 0.0336. The van der Waals surface area contributed by atoms with Crippen LogP contribution in [0.25, 0.3) is 0 Å². The molecule has 6 heteroatoms. The van der Waals surface area contributed by atoms with Crippen LogP contribution in [0, 0.1) is 5.92 Å². The summed E-state index contributed by atoms with van der Waals surface area (Å²) >= 11 is 0. The van der Waals surface area contributed by atoms with Gasteiger partial charge in [-0.3, -0.25) is 9.69 Å². The van der Waals surface area contributed by atoms with E-state index in [1.807, 2.05) is 18.2 Å². The molecular weight excluding hydrogens is 230 g/mol. The molecule has 0 atom stereocenters. The first-order valence-corrected chi connectivity index (χ1v) is 6.13. The Morgan fingerprint density at radius 3 is 2.78 bits per heavy atom. The van der Waals surface area contributed by atoms with Crippen LogP contribution in [0.4, 0.5) is 5.82 Å². The lowest BCUT2D eigenvalue weighted by atomic mass is 9.96. The van der Waals surface area contributed by atoms with E-state index in [2.05, 4.69) is 15.3 Å². The van der Waals surface area contributed by atoms with E-state index in [1.165, 1.54) is 0 Å². The monoisotopic (exact) mass is 249 g/mol. The summed E-state index contributed by atoms with van der Waals surface area (Å²) < 4.78 is 0. The van der Waals surface area contributed by atoms with Crippen molar-refractivity contribution in [1.82, 2.24) is 9.88 Å². The Morgan fingerprint density at radius 2 is 2.17 bits per heavy atom. The second-order valence-electron chi connectivity index (χ2n) is 4.61. The van der Waals surface area contributed by atoms with Crippen LogP contribution in [0.1, 0.15) is 18.5 Å². The highest BCUT2D eigenvalue weighted by molar-refractivity contribution is 5.76. The van der Waals surface area contributed by atoms with Crippen LogP contribution >= 0.6 is 0 Å². The van der Waals surface area contributed by atoms with Crippen LogP contribution in [0.2, 0.25) is 0 Å². The highest BCUT2D eigenvalue weighted by Crippen LogP contribution is 2.18. The number of carbonyl (C=O) groups is 1. The quantitative estimate of drug-likeness (QED) is 0.518. The third kappa shape index (κ3) is 3.18. The zero-order chi connectivity index (χ0) is 13.0. The van der Waals surface area contributed by atoms with Gasteiger partial charge in [-0.1, -0.05) is 6.07 Å². The third-order valence-electron chi connectivity index (χ3n) is 3.33. The maximum atomic E-state index is 11.1. The molecule has 0 saturated carbocycles. The molecule has 1 fully saturated rings. The summed E-state index contributed by atoms with van der Waals surface area (Å²) in [5.74, 6) is 5.85. The highest BCUT2D eigenvalue weighted by atomic mass is 16.1. The van der Waals surface area contributed by atoms with Crippen molar-refractivity contribution in [1.29, 1.82) is 0 Å². The number of nitrogens with one attached hydrogen (secondary N) is 1. The van der Waals surface area contributed by atoms with Gasteiger partial charge in [0.1, 0.15) is 5.82 Å². The van der Waals surface area contributed by atoms with Crippen molar-refractivity contribution >= 4 is 11.7 Å². The molecular formula is C12H19N5O. The summed E-state index contributed by atoms with van der Waals surface area (Å²) in [6.07, 6.45) is 1.67. The van der Waals surface area contributed by atoms with Crippen LogP contribution in [-0.4, -0.2) is 28.9 Å². The molecule has 18 heavy (non-hydrogen) atoms. The van der Waals surface area contributed by atoms with Crippen molar-refractivity contribution in [3.8, 4) is 0 Å². The average molecular weight is 249 g/mol. The van der Waals surface area contributed by atoms with E-state index < -0.39 is 0 Å². The number of anilines is 1. The molecule has 1 aromatic rings. The Morgan fingerprint density at radius 1 is 1.44 bits per heavy atom. The number of carbonyl (C=O) groups excluding carboxylic acids is 1. The van der Waals surface area contributed by atoms with Crippen molar-refractivity contribution in [2.75, 3.05) is 18.5 Å². The summed E-state index contributed by atoms with van der Waals surface area (Å²) in [6, 6.07) is 5.72. The molecule has 6 nitrogen and oxygen atoms in total. The predicted octanol–water partition coefficient (Wildman–Crippen LogP) is 0.0645. The van der Waals surface area contributed by atoms with E-state index in [9.17, 15) is 4.79 Å². The van der Waals surface area contributed by atoms with E-state index in [1.54, 1.807) is 0 Å². The van der Waals surface area contributed by atoms with Crippen molar-refractivity contribution in [3.63, 3.8) is 0 Å². The van der Waals surface area contributed by atoms with Gasteiger partial charge in [0.2, 0.25) is 5.91 Å². The molecule has 1 amide bonds. The Labute approximate surface area is 106 Å². The number of nitrogens with zero attached hydrogens (tertiary/aromatic N) is 2. The second kappa shape index (κ2) is 5.79. The second-order valence-corrected chi connectivity index (χ2v) is 4.61. The van der Waals surface area contributed by atoms with Gasteiger partial charge < -0.3 is 11.2 Å². The number of pyridine rings is 1. The lowest BCUT2D eigenvalue weighted by Crippen LogP contribution is -2.38. The summed E-state index contributed by atoms with van der Waals surface area (Å²) in [5.41, 5.74) is 8.82. The zero-order valence-electron chi connectivity index (χ0n) is 10.3. The third-order valence-corrected chi connectivity index (χ3v) is 3.33. The number of aromatic nitrogens is 1. The molecule has 0 aliphatic carbocycles. The average Bonchev–Trinajstić information content (AvgIpc) is 2.39. The first kappa shape index (κ1) is 12.8. The number of primary amides is 1. The van der Waals surface area contributed by atoms with E-state index in [-0.39, 0.29) is 11.8 Å². The maximum Gasteiger partial charge on any atom is 0.220 e. The van der Waals surface area contributed by atoms with Crippen molar-refractivity contribution in [3.05, 3.63) is 23.9 Å². The summed E-state index contributed by atoms with van der Waals surface area (Å²) in [6.45, 7) is 2.55. The van der Waals surface area contributed by atoms with E-state index in [0.717, 1.165) is 38.2 Å². The van der Waals surface area contributed by atoms with E-state index in [4.69, 9.17) is 11.6 Å². The Bertz CT molecular complexity index is 415. The molecule has 0 aromatic carbocycles. The predicted molar refractivity (Wildman–Crippen MR) is 69.2 cm³/mol. The standard InChI is InChI=1S/C12H19N5O/c13-12(18)9-4-6-17(7-5-9)8-10-2-1-3-11(15-10)16-14/h1-3,9H,4-8,14H2,(H2,13,18)(H,15,16). The van der Waals surface area contributed by atoms with Gasteiger partial charge in [-0.25, -0.2) is 10.8 Å². The molecule has 0 bridgehead atoms. The molecule has 1 aromatic heterocycles. The van der Waals surface area contributed by atoms with Crippen LogP contribution in [0.15, 0.2) is 18.2 Å². The number of hydrogen-bond acceptors (Lipinski definition) is 5. The molecule has 0 radical (unpaired) electrons. The molecule has 2 heterocycles. The Hall–Kier alpha value is -1.66. The van der Waals surface area contributed by atoms with Crippen LogP contribution in [-0.2, 0) is 11.3 Å². The molecule has 0 spiro atoms. The van der Waals surface area contributed by atoms with Gasteiger partial charge in [-0.05, 0) is 38.1 Å². The first-order valence-electron chi connectivity index (χ1n) is 6.13. The smallest absolute Gasteiger partial charge is 0.220 e. The van der Waals surface area contributed by atoms with Gasteiger partial charge in [0.15, 0.2) is 0 Å². The lowest BCUT2D eigenvalue weighted by Gasteiger charge is -2.30. The molecule has 1 saturated heterocycles. The van der Waals surface area contributed by atoms with E-state index >= 15 is 0 Å². The Kier molecular flexibility index (Phi) is 4.11. The molecule has 2 rings (SSSR count). The number of piperidine rings is 1. The molecule has 1 aliphatic heterocycles. The lowest BCUT2D eigenvalue weighted by molar-refractivity contribution is -0.123. The largest absolute Gasteiger partial charge is 0.369 e. The fourth-order valence-electron chi connectivity index (χ4n) is 2.25. The minimum atomic E-state index is -0.179. The SMILES string of the molecule is NNc1cccc(CN2CCC(C(N)=O)CC2)n1. The van der Waals surface area contributed by atoms with Crippen molar-refractivity contribution < 1.29 is 4.79 Å².